The van der Waals surface area contributed by atoms with Crippen molar-refractivity contribution in [3.63, 3.8) is 0 Å². The zero-order chi connectivity index (χ0) is 24.0. The highest BCUT2D eigenvalue weighted by molar-refractivity contribution is 7.13. The quantitative estimate of drug-likeness (QED) is 0.274. The number of ether oxygens (including phenoxy) is 1. The lowest BCUT2D eigenvalue weighted by Crippen LogP contribution is -2.21. The number of halogens is 3. The number of hydrogen-bond acceptors (Lipinski definition) is 6. The average molecular weight is 536 g/mol. The van der Waals surface area contributed by atoms with Gasteiger partial charge in [0.25, 0.3) is 0 Å². The van der Waals surface area contributed by atoms with Crippen LogP contribution in [0.15, 0.2) is 30.3 Å². The Morgan fingerprint density at radius 2 is 1.85 bits per heavy atom. The second-order valence-corrected chi connectivity index (χ2v) is 11.2. The topological polar surface area (TPSA) is 87.0 Å². The molecule has 3 rings (SSSR count). The average Bonchev–Trinajstić information content (AvgIpc) is 3.34. The normalized spacial score (nSPS) is 23.6. The molecule has 0 unspecified atom stereocenters. The molecule has 5 atom stereocenters. The first kappa shape index (κ1) is 26.7. The van der Waals surface area contributed by atoms with Crippen molar-refractivity contribution in [3.05, 3.63) is 55.7 Å². The van der Waals surface area contributed by atoms with Gasteiger partial charge in [0.1, 0.15) is 17.6 Å². The fourth-order valence-electron chi connectivity index (χ4n) is 4.45. The van der Waals surface area contributed by atoms with E-state index in [4.69, 9.17) is 44.6 Å². The van der Waals surface area contributed by atoms with Gasteiger partial charge in [-0.25, -0.2) is 4.79 Å². The van der Waals surface area contributed by atoms with E-state index in [-0.39, 0.29) is 23.8 Å². The van der Waals surface area contributed by atoms with Gasteiger partial charge in [0.15, 0.2) is 0 Å². The largest absolute Gasteiger partial charge is 0.459 e. The molecule has 0 amide bonds. The van der Waals surface area contributed by atoms with Crippen molar-refractivity contribution in [2.75, 3.05) is 13.2 Å². The molecule has 0 spiro atoms. The van der Waals surface area contributed by atoms with Crippen LogP contribution in [-0.4, -0.2) is 52.1 Å². The molecule has 33 heavy (non-hydrogen) atoms. The van der Waals surface area contributed by atoms with E-state index in [1.165, 1.54) is 11.3 Å². The van der Waals surface area contributed by atoms with Gasteiger partial charge in [-0.05, 0) is 86.3 Å². The third kappa shape index (κ3) is 7.82. The molecular weight excluding hydrogens is 507 g/mol. The number of aryl methyl sites for hydroxylation is 2. The number of carbonyl (C=O) groups excluding carboxylic acids is 1. The van der Waals surface area contributed by atoms with Crippen LogP contribution in [0.3, 0.4) is 0 Å². The van der Waals surface area contributed by atoms with Crippen LogP contribution in [0.2, 0.25) is 10.0 Å². The Morgan fingerprint density at radius 1 is 1.12 bits per heavy atom. The number of esters is 1. The molecule has 182 valence electrons. The van der Waals surface area contributed by atoms with Gasteiger partial charge in [-0.15, -0.1) is 22.9 Å². The highest BCUT2D eigenvalue weighted by Gasteiger charge is 2.40. The third-order valence-corrected chi connectivity index (χ3v) is 8.17. The maximum Gasteiger partial charge on any atom is 0.348 e. The van der Waals surface area contributed by atoms with Gasteiger partial charge >= 0.3 is 5.97 Å². The molecular formula is C24H29Cl3O5S. The fraction of sp³-hybridized carbons (Fsp3) is 0.542. The van der Waals surface area contributed by atoms with E-state index in [0.29, 0.717) is 21.3 Å². The van der Waals surface area contributed by atoms with E-state index >= 15 is 0 Å². The van der Waals surface area contributed by atoms with E-state index in [1.807, 2.05) is 18.2 Å². The molecule has 2 aromatic rings. The third-order valence-electron chi connectivity index (χ3n) is 6.11. The van der Waals surface area contributed by atoms with Crippen molar-refractivity contribution >= 4 is 52.1 Å². The molecule has 1 aliphatic rings. The first-order valence-corrected chi connectivity index (χ1v) is 13.1. The van der Waals surface area contributed by atoms with Gasteiger partial charge in [-0.2, -0.15) is 0 Å². The number of benzene rings is 1. The maximum atomic E-state index is 12.0. The minimum atomic E-state index is -1.07. The number of carbonyl (C=O) groups is 1. The highest BCUT2D eigenvalue weighted by atomic mass is 35.5. The molecule has 1 fully saturated rings. The predicted octanol–water partition coefficient (Wildman–Crippen LogP) is 5.12. The first-order valence-electron chi connectivity index (χ1n) is 11.1. The molecule has 3 N–H and O–H groups in total. The number of aliphatic hydroxyl groups excluding tert-OH is 3. The van der Waals surface area contributed by atoms with E-state index in [2.05, 4.69) is 0 Å². The lowest BCUT2D eigenvalue weighted by atomic mass is 9.85. The molecule has 0 bridgehead atoms. The van der Waals surface area contributed by atoms with Crippen LogP contribution in [-0.2, 0) is 17.6 Å². The summed E-state index contributed by atoms with van der Waals surface area (Å²) >= 11 is 20.2. The summed E-state index contributed by atoms with van der Waals surface area (Å²) in [4.78, 5) is 13.6. The zero-order valence-corrected chi connectivity index (χ0v) is 21.2. The van der Waals surface area contributed by atoms with Crippen molar-refractivity contribution < 1.29 is 24.9 Å². The molecule has 0 saturated heterocycles. The van der Waals surface area contributed by atoms with Crippen molar-refractivity contribution in [2.45, 2.75) is 56.1 Å². The van der Waals surface area contributed by atoms with Crippen LogP contribution in [0.25, 0.3) is 0 Å². The molecule has 1 aromatic carbocycles. The molecule has 1 saturated carbocycles. The van der Waals surface area contributed by atoms with Gasteiger partial charge in [-0.1, -0.05) is 23.2 Å². The Hall–Kier alpha value is -0.860. The lowest BCUT2D eigenvalue weighted by molar-refractivity contribution is 0.00971. The lowest BCUT2D eigenvalue weighted by Gasteiger charge is -2.23. The summed E-state index contributed by atoms with van der Waals surface area (Å²) in [6, 6.07) is 9.16. The minimum Gasteiger partial charge on any atom is -0.459 e. The van der Waals surface area contributed by atoms with Crippen molar-refractivity contribution in [3.8, 4) is 0 Å². The van der Waals surface area contributed by atoms with Gasteiger partial charge < -0.3 is 20.1 Å². The molecule has 1 aromatic heterocycles. The van der Waals surface area contributed by atoms with Crippen LogP contribution < -0.4 is 0 Å². The number of thiophene rings is 1. The van der Waals surface area contributed by atoms with Crippen LogP contribution in [0.5, 0.6) is 0 Å². The smallest absolute Gasteiger partial charge is 0.348 e. The molecule has 1 heterocycles. The van der Waals surface area contributed by atoms with Gasteiger partial charge in [0.2, 0.25) is 0 Å². The Morgan fingerprint density at radius 3 is 2.55 bits per heavy atom. The standard InChI is InChI=1S/C24H29Cl3O5S/c25-15-8-14(9-16(26)10-15)4-6-20-19(21(27)11-22(20)30)3-1-2-18-5-7-23(33-18)24(31)32-13-17(29)12-28/h5,7-10,17,19-22,28-30H,1-4,6,11-13H2/t17-,19-,20-,21+,22-/m1/s1. The summed E-state index contributed by atoms with van der Waals surface area (Å²) in [6.07, 6.45) is 3.33. The first-order chi connectivity index (χ1) is 15.8. The number of rotatable bonds is 11. The van der Waals surface area contributed by atoms with Gasteiger partial charge in [0.05, 0.1) is 12.7 Å². The summed E-state index contributed by atoms with van der Waals surface area (Å²) < 4.78 is 5.00. The highest BCUT2D eigenvalue weighted by Crippen LogP contribution is 2.42. The van der Waals surface area contributed by atoms with Crippen molar-refractivity contribution in [1.82, 2.24) is 0 Å². The second-order valence-electron chi connectivity index (χ2n) is 8.56. The predicted molar refractivity (Wildman–Crippen MR) is 133 cm³/mol. The Labute approximate surface area is 213 Å². The second kappa shape index (κ2) is 12.7. The van der Waals surface area contributed by atoms with Gasteiger partial charge in [0, 0.05) is 20.3 Å². The number of alkyl halides is 1. The summed E-state index contributed by atoms with van der Waals surface area (Å²) in [5, 5.41) is 29.9. The minimum absolute atomic E-state index is 0.0558. The molecule has 0 aliphatic heterocycles. The van der Waals surface area contributed by atoms with Crippen LogP contribution in [0.4, 0.5) is 0 Å². The summed E-state index contributed by atoms with van der Waals surface area (Å²) in [6.45, 7) is -0.680. The molecule has 1 aliphatic carbocycles. The molecule has 9 heteroatoms. The monoisotopic (exact) mass is 534 g/mol. The number of hydrogen-bond donors (Lipinski definition) is 3. The molecule has 5 nitrogen and oxygen atoms in total. The van der Waals surface area contributed by atoms with E-state index in [9.17, 15) is 15.0 Å². The maximum absolute atomic E-state index is 12.0. The van der Waals surface area contributed by atoms with E-state index in [0.717, 1.165) is 42.5 Å². The van der Waals surface area contributed by atoms with Gasteiger partial charge in [-0.3, -0.25) is 0 Å². The van der Waals surface area contributed by atoms with Crippen LogP contribution >= 0.6 is 46.1 Å². The van der Waals surface area contributed by atoms with Crippen molar-refractivity contribution in [1.29, 1.82) is 0 Å². The summed E-state index contributed by atoms with van der Waals surface area (Å²) in [7, 11) is 0. The number of aliphatic hydroxyl groups is 3. The Bertz CT molecular complexity index is 901. The van der Waals surface area contributed by atoms with E-state index < -0.39 is 24.8 Å². The zero-order valence-electron chi connectivity index (χ0n) is 18.1. The molecule has 0 radical (unpaired) electrons. The Balaban J connectivity index is 1.50. The summed E-state index contributed by atoms with van der Waals surface area (Å²) in [5.74, 6) is -0.155. The Kier molecular flexibility index (Phi) is 10.3. The SMILES string of the molecule is O=C(OC[C@H](O)CO)c1ccc(CCC[C@@H]2[C@@H](CCc3cc(Cl)cc(Cl)c3)[C@H](O)C[C@@H]2Cl)s1. The fourth-order valence-corrected chi connectivity index (χ4v) is 6.46. The van der Waals surface area contributed by atoms with E-state index in [1.54, 1.807) is 12.1 Å². The van der Waals surface area contributed by atoms with Crippen LogP contribution in [0.1, 0.15) is 45.8 Å². The van der Waals surface area contributed by atoms with Crippen molar-refractivity contribution in [2.24, 2.45) is 11.8 Å². The summed E-state index contributed by atoms with van der Waals surface area (Å²) in [5.41, 5.74) is 1.06. The van der Waals surface area contributed by atoms with Crippen LogP contribution in [0, 0.1) is 11.8 Å².